The van der Waals surface area contributed by atoms with Crippen LogP contribution in [-0.4, -0.2) is 9.97 Å². The lowest BCUT2D eigenvalue weighted by molar-refractivity contribution is -0.135. The first-order valence-corrected chi connectivity index (χ1v) is 14.1. The number of alkyl halides is 6. The van der Waals surface area contributed by atoms with Crippen molar-refractivity contribution in [2.24, 2.45) is 10.2 Å². The minimum Gasteiger partial charge on any atom is -0.241 e. The molecule has 0 amide bonds. The van der Waals surface area contributed by atoms with E-state index in [0.29, 0.717) is 76.1 Å². The lowest BCUT2D eigenvalue weighted by Gasteiger charge is -2.01. The van der Waals surface area contributed by atoms with E-state index in [9.17, 15) is 26.3 Å². The number of hydrogen-bond acceptors (Lipinski definition) is 6. The maximum Gasteiger partial charge on any atom is 0.425 e. The van der Waals surface area contributed by atoms with Crippen molar-refractivity contribution in [2.45, 2.75) is 12.4 Å². The molecule has 0 unspecified atom stereocenters. The molecular weight excluding hydrogens is 622 g/mol. The molecule has 44 heavy (non-hydrogen) atoms. The average Bonchev–Trinajstić information content (AvgIpc) is 3.77. The number of halogens is 6. The molecule has 0 radical (unpaired) electrons. The zero-order valence-electron chi connectivity index (χ0n) is 21.5. The zero-order valence-corrected chi connectivity index (χ0v) is 23.2. The van der Waals surface area contributed by atoms with Crippen LogP contribution in [0, 0.1) is 13.1 Å². The Balaban J connectivity index is 1.48. The molecule has 0 aliphatic rings. The second-order valence-corrected chi connectivity index (χ2v) is 11.7. The van der Waals surface area contributed by atoms with Gasteiger partial charge in [0.05, 0.1) is 21.2 Å². The Morgan fingerprint density at radius 3 is 1.30 bits per heavy atom. The van der Waals surface area contributed by atoms with Gasteiger partial charge in [0.2, 0.25) is 0 Å². The normalized spacial score (nSPS) is 13.5. The highest BCUT2D eigenvalue weighted by molar-refractivity contribution is 7.16. The van der Waals surface area contributed by atoms with E-state index in [0.717, 1.165) is 12.1 Å². The molecule has 14 heteroatoms. The minimum atomic E-state index is -4.47. The molecular formula is C30H10F6N6S2. The summed E-state index contributed by atoms with van der Waals surface area (Å²) in [4.78, 5) is 15.2. The van der Waals surface area contributed by atoms with E-state index in [-0.39, 0.29) is 21.7 Å². The first kappa shape index (κ1) is 27.6. The number of nitrogens with zero attached hydrogens (tertiary/aromatic N) is 6. The molecule has 4 aromatic carbocycles. The summed E-state index contributed by atoms with van der Waals surface area (Å²) in [6.07, 6.45) is -8.95. The highest BCUT2D eigenvalue weighted by Gasteiger charge is 2.33. The van der Waals surface area contributed by atoms with Crippen molar-refractivity contribution in [1.29, 1.82) is 0 Å². The Morgan fingerprint density at radius 2 is 0.955 bits per heavy atom. The Bertz CT molecular complexity index is 2340. The van der Waals surface area contributed by atoms with Gasteiger partial charge in [-0.05, 0) is 47.5 Å². The van der Waals surface area contributed by atoms with Crippen molar-refractivity contribution in [1.82, 2.24) is 9.97 Å². The van der Waals surface area contributed by atoms with Crippen LogP contribution in [0.1, 0.15) is 9.75 Å². The predicted octanol–water partition coefficient (Wildman–Crippen LogP) is 8.93. The number of benzene rings is 2. The van der Waals surface area contributed by atoms with Gasteiger partial charge >= 0.3 is 12.4 Å². The first-order chi connectivity index (χ1) is 21.0. The molecule has 0 aliphatic heterocycles. The second kappa shape index (κ2) is 9.67. The van der Waals surface area contributed by atoms with Crippen molar-refractivity contribution in [2.75, 3.05) is 0 Å². The quantitative estimate of drug-likeness (QED) is 0.109. The molecule has 7 aromatic rings. The topological polar surface area (TPSA) is 59.2 Å². The maximum atomic E-state index is 13.2. The molecule has 7 rings (SSSR count). The zero-order chi connectivity index (χ0) is 31.0. The number of rotatable bonds is 2. The first-order valence-electron chi connectivity index (χ1n) is 12.4. The lowest BCUT2D eigenvalue weighted by atomic mass is 10.1. The van der Waals surface area contributed by atoms with Crippen molar-refractivity contribution in [3.05, 3.63) is 104 Å². The lowest BCUT2D eigenvalue weighted by Crippen LogP contribution is -2.02. The van der Waals surface area contributed by atoms with Gasteiger partial charge < -0.3 is 0 Å². The monoisotopic (exact) mass is 632 g/mol. The molecule has 6 nitrogen and oxygen atoms in total. The number of hydrogen-bond donors (Lipinski definition) is 0. The molecule has 3 heterocycles. The highest BCUT2D eigenvalue weighted by Crippen LogP contribution is 2.41. The summed E-state index contributed by atoms with van der Waals surface area (Å²) in [6.45, 7) is 14.8. The molecule has 214 valence electrons. The average molecular weight is 633 g/mol. The number of aromatic nitrogens is 2. The Morgan fingerprint density at radius 1 is 0.545 bits per heavy atom. The molecule has 0 aliphatic carbocycles. The fourth-order valence-corrected chi connectivity index (χ4v) is 6.93. The summed E-state index contributed by atoms with van der Waals surface area (Å²) in [5.74, 6) is 0. The van der Waals surface area contributed by atoms with Gasteiger partial charge in [-0.2, -0.15) is 39.5 Å². The van der Waals surface area contributed by atoms with Crippen LogP contribution in [0.15, 0.2) is 70.9 Å². The fraction of sp³-hybridized carbons (Fsp3) is 0.0667. The van der Waals surface area contributed by atoms with Crippen LogP contribution in [0.5, 0.6) is 0 Å². The van der Waals surface area contributed by atoms with Gasteiger partial charge in [0.15, 0.2) is 10.7 Å². The van der Waals surface area contributed by atoms with Gasteiger partial charge in [0.25, 0.3) is 0 Å². The highest BCUT2D eigenvalue weighted by atomic mass is 32.1. The number of fused-ring (bicyclic) bond motifs is 6. The van der Waals surface area contributed by atoms with Crippen molar-refractivity contribution in [3.8, 4) is 20.9 Å². The summed E-state index contributed by atoms with van der Waals surface area (Å²) in [5, 5.41) is 10.3. The fourth-order valence-electron chi connectivity index (χ4n) is 5.19. The summed E-state index contributed by atoms with van der Waals surface area (Å²) in [7, 11) is 0. The second-order valence-electron chi connectivity index (χ2n) is 9.56. The third-order valence-corrected chi connectivity index (χ3v) is 9.40. The third kappa shape index (κ3) is 4.30. The van der Waals surface area contributed by atoms with E-state index in [4.69, 9.17) is 23.1 Å². The Kier molecular flexibility index (Phi) is 6.07. The standard InChI is InChI=1S/C30H10F6N6S2/c1-37-41-25-17-11-13(19-7-9-21(43-19)29(31,32)33)3-5-15(17)23-27(25)39-24-16-6-4-14(20-8-10-22(44-20)30(34,35)36)12-18(16)26(42-38-2)28(24)40-23/h3-12H/b41-25-,42-26+. The van der Waals surface area contributed by atoms with Crippen molar-refractivity contribution >= 4 is 66.3 Å². The van der Waals surface area contributed by atoms with E-state index in [1.165, 1.54) is 12.1 Å². The SMILES string of the molecule is [C-]#[N+]/N=c1/c2cc(-c3ccc(C(F)(F)F)s3)ccc2c2nc3/c(=N/[N+]#[C-])c4cc(-c5ccc(C(F)(F)F)s5)ccc4c3nc12. The van der Waals surface area contributed by atoms with Crippen LogP contribution in [0.25, 0.3) is 74.4 Å². The van der Waals surface area contributed by atoms with Gasteiger partial charge in [-0.3, -0.25) is 0 Å². The molecule has 0 spiro atoms. The van der Waals surface area contributed by atoms with Gasteiger partial charge in [0.1, 0.15) is 20.8 Å². The Labute approximate surface area is 249 Å². The van der Waals surface area contributed by atoms with E-state index in [2.05, 4.69) is 20.1 Å². The van der Waals surface area contributed by atoms with E-state index in [1.54, 1.807) is 36.4 Å². The summed E-state index contributed by atoms with van der Waals surface area (Å²) < 4.78 is 79.3. The summed E-state index contributed by atoms with van der Waals surface area (Å²) >= 11 is 1.20. The van der Waals surface area contributed by atoms with E-state index >= 15 is 0 Å². The predicted molar refractivity (Wildman–Crippen MR) is 155 cm³/mol. The van der Waals surface area contributed by atoms with Crippen LogP contribution in [0.4, 0.5) is 26.3 Å². The molecule has 0 fully saturated rings. The van der Waals surface area contributed by atoms with Gasteiger partial charge in [-0.1, -0.05) is 24.3 Å². The third-order valence-electron chi connectivity index (χ3n) is 7.04. The Hall–Kier alpha value is -5.18. The molecule has 0 N–H and O–H groups in total. The largest absolute Gasteiger partial charge is 0.425 e. The van der Waals surface area contributed by atoms with Crippen molar-refractivity contribution in [3.63, 3.8) is 0 Å². The van der Waals surface area contributed by atoms with Gasteiger partial charge in [-0.15, -0.1) is 32.6 Å². The van der Waals surface area contributed by atoms with Crippen molar-refractivity contribution < 1.29 is 26.3 Å². The van der Waals surface area contributed by atoms with Crippen LogP contribution in [0.3, 0.4) is 0 Å². The van der Waals surface area contributed by atoms with Crippen LogP contribution >= 0.6 is 22.7 Å². The molecule has 0 atom stereocenters. The van der Waals surface area contributed by atoms with Crippen LogP contribution < -0.4 is 10.7 Å². The van der Waals surface area contributed by atoms with E-state index in [1.807, 2.05) is 0 Å². The molecule has 0 bridgehead atoms. The maximum absolute atomic E-state index is 13.2. The van der Waals surface area contributed by atoms with Gasteiger partial charge in [-0.25, -0.2) is 9.97 Å². The van der Waals surface area contributed by atoms with Gasteiger partial charge in [0, 0.05) is 31.3 Å². The molecule has 3 aromatic heterocycles. The summed E-state index contributed by atoms with van der Waals surface area (Å²) in [5.41, 5.74) is 2.26. The summed E-state index contributed by atoms with van der Waals surface area (Å²) in [6, 6.07) is 14.7. The van der Waals surface area contributed by atoms with Crippen LogP contribution in [0.2, 0.25) is 0 Å². The smallest absolute Gasteiger partial charge is 0.241 e. The minimum absolute atomic E-state index is 0.196. The van der Waals surface area contributed by atoms with E-state index < -0.39 is 22.1 Å². The van der Waals surface area contributed by atoms with Crippen LogP contribution in [-0.2, 0) is 12.4 Å². The number of thiophene rings is 2. The molecule has 0 saturated heterocycles. The molecule has 0 saturated carbocycles.